The molecular weight excluding hydrogens is 260 g/mol. The highest BCUT2D eigenvalue weighted by atomic mass is 16.1. The van der Waals surface area contributed by atoms with Crippen LogP contribution in [-0.4, -0.2) is 17.3 Å². The molecule has 0 bridgehead atoms. The third-order valence-electron chi connectivity index (χ3n) is 4.97. The van der Waals surface area contributed by atoms with E-state index in [1.165, 1.54) is 0 Å². The molecule has 0 unspecified atom stereocenters. The average Bonchev–Trinajstić information content (AvgIpc) is 2.55. The molecule has 1 aromatic heterocycles. The van der Waals surface area contributed by atoms with E-state index in [0.29, 0.717) is 12.5 Å². The van der Waals surface area contributed by atoms with Gasteiger partial charge in [-0.1, -0.05) is 25.1 Å². The highest BCUT2D eigenvalue weighted by Crippen LogP contribution is 2.40. The number of hydrogen-bond acceptors (Lipinski definition) is 3. The van der Waals surface area contributed by atoms with E-state index in [4.69, 9.17) is 5.73 Å². The van der Waals surface area contributed by atoms with Gasteiger partial charge in [0, 0.05) is 29.1 Å². The van der Waals surface area contributed by atoms with Crippen LogP contribution in [0.3, 0.4) is 0 Å². The van der Waals surface area contributed by atoms with Gasteiger partial charge in [0.2, 0.25) is 0 Å². The molecule has 2 N–H and O–H groups in total. The largest absolute Gasteiger partial charge is 0.329 e. The van der Waals surface area contributed by atoms with Crippen LogP contribution in [0.2, 0.25) is 0 Å². The molecule has 0 saturated heterocycles. The lowest BCUT2D eigenvalue weighted by atomic mass is 9.67. The van der Waals surface area contributed by atoms with Crippen LogP contribution in [0, 0.1) is 11.3 Å². The Morgan fingerprint density at radius 3 is 2.81 bits per heavy atom. The van der Waals surface area contributed by atoms with Crippen LogP contribution >= 0.6 is 0 Å². The molecule has 3 nitrogen and oxygen atoms in total. The second-order valence-electron chi connectivity index (χ2n) is 6.41. The normalized spacial score (nSPS) is 25.9. The maximum Gasteiger partial charge on any atom is 0.170 e. The van der Waals surface area contributed by atoms with E-state index in [1.54, 1.807) is 6.20 Å². The Morgan fingerprint density at radius 1 is 1.33 bits per heavy atom. The van der Waals surface area contributed by atoms with Crippen LogP contribution in [0.1, 0.15) is 43.0 Å². The number of nitrogens with two attached hydrogens (primary N) is 1. The summed E-state index contributed by atoms with van der Waals surface area (Å²) in [5, 5.41) is 1.06. The van der Waals surface area contributed by atoms with Crippen LogP contribution < -0.4 is 5.73 Å². The number of rotatable bonds is 3. The summed E-state index contributed by atoms with van der Waals surface area (Å²) in [5.41, 5.74) is 7.26. The van der Waals surface area contributed by atoms with Crippen molar-refractivity contribution in [1.29, 1.82) is 0 Å². The van der Waals surface area contributed by atoms with Gasteiger partial charge in [0.25, 0.3) is 0 Å². The number of hydrogen-bond donors (Lipinski definition) is 1. The Kier molecular flexibility index (Phi) is 3.77. The molecule has 21 heavy (non-hydrogen) atoms. The van der Waals surface area contributed by atoms with Gasteiger partial charge in [0.05, 0.1) is 5.52 Å². The van der Waals surface area contributed by atoms with Gasteiger partial charge in [-0.3, -0.25) is 9.78 Å². The minimum absolute atomic E-state index is 0.199. The maximum absolute atomic E-state index is 13.0. The Bertz CT molecular complexity index is 657. The number of benzene rings is 1. The third kappa shape index (κ3) is 2.58. The van der Waals surface area contributed by atoms with Crippen molar-refractivity contribution in [3.8, 4) is 0 Å². The van der Waals surface area contributed by atoms with Crippen LogP contribution in [-0.2, 0) is 0 Å². The number of aromatic nitrogens is 1. The number of carbonyl (C=O) groups is 1. The monoisotopic (exact) mass is 282 g/mol. The predicted octanol–water partition coefficient (Wildman–Crippen LogP) is 3.57. The van der Waals surface area contributed by atoms with Crippen LogP contribution in [0.4, 0.5) is 0 Å². The van der Waals surface area contributed by atoms with Gasteiger partial charge in [0.1, 0.15) is 0 Å². The quantitative estimate of drug-likeness (QED) is 0.875. The highest BCUT2D eigenvalue weighted by molar-refractivity contribution is 6.03. The van der Waals surface area contributed by atoms with Crippen molar-refractivity contribution >= 4 is 16.7 Å². The van der Waals surface area contributed by atoms with Crippen LogP contribution in [0.5, 0.6) is 0 Å². The van der Waals surface area contributed by atoms with Crippen LogP contribution in [0.15, 0.2) is 36.5 Å². The first-order valence-electron chi connectivity index (χ1n) is 7.74. The van der Waals surface area contributed by atoms with E-state index in [0.717, 1.165) is 42.1 Å². The van der Waals surface area contributed by atoms with Crippen molar-refractivity contribution in [3.05, 3.63) is 42.1 Å². The second-order valence-corrected chi connectivity index (χ2v) is 6.41. The van der Waals surface area contributed by atoms with E-state index >= 15 is 0 Å². The molecule has 3 heteroatoms. The molecule has 0 atom stereocenters. The van der Waals surface area contributed by atoms with E-state index in [2.05, 4.69) is 11.9 Å². The summed E-state index contributed by atoms with van der Waals surface area (Å²) < 4.78 is 0. The Morgan fingerprint density at radius 2 is 2.10 bits per heavy atom. The molecule has 1 aliphatic carbocycles. The molecule has 1 fully saturated rings. The third-order valence-corrected chi connectivity index (χ3v) is 4.97. The van der Waals surface area contributed by atoms with Gasteiger partial charge in [-0.2, -0.15) is 0 Å². The molecule has 0 amide bonds. The summed E-state index contributed by atoms with van der Waals surface area (Å²) in [6.45, 7) is 2.70. The smallest absolute Gasteiger partial charge is 0.170 e. The average molecular weight is 282 g/mol. The first-order chi connectivity index (χ1) is 10.1. The summed E-state index contributed by atoms with van der Waals surface area (Å²) in [6, 6.07) is 9.73. The standard InChI is InChI=1S/C18H22N2O/c1-13-6-8-18(12-19,9-7-13)17(21)15-5-4-14-3-2-10-20-16(14)11-15/h2-5,10-11,13H,6-9,12,19H2,1H3. The van der Waals surface area contributed by atoms with Crippen LogP contribution in [0.25, 0.3) is 10.9 Å². The van der Waals surface area contributed by atoms with E-state index in [1.807, 2.05) is 30.3 Å². The lowest BCUT2D eigenvalue weighted by Crippen LogP contribution is -2.41. The first kappa shape index (κ1) is 14.2. The molecule has 1 heterocycles. The molecule has 3 rings (SSSR count). The van der Waals surface area contributed by atoms with Crippen molar-refractivity contribution in [2.75, 3.05) is 6.54 Å². The van der Waals surface area contributed by atoms with E-state index < -0.39 is 0 Å². The number of ketones is 1. The zero-order valence-electron chi connectivity index (χ0n) is 12.5. The Labute approximate surface area is 125 Å². The van der Waals surface area contributed by atoms with Gasteiger partial charge in [-0.15, -0.1) is 0 Å². The molecule has 1 saturated carbocycles. The predicted molar refractivity (Wildman–Crippen MR) is 85.2 cm³/mol. The Hall–Kier alpha value is -1.74. The summed E-state index contributed by atoms with van der Waals surface area (Å²) in [7, 11) is 0. The highest BCUT2D eigenvalue weighted by Gasteiger charge is 2.40. The van der Waals surface area contributed by atoms with E-state index in [-0.39, 0.29) is 11.2 Å². The number of Topliss-reactive ketones (excluding diaryl/α,β-unsaturated/α-hetero) is 1. The summed E-state index contributed by atoms with van der Waals surface area (Å²) in [6.07, 6.45) is 5.76. The van der Waals surface area contributed by atoms with E-state index in [9.17, 15) is 4.79 Å². The fourth-order valence-electron chi connectivity index (χ4n) is 3.35. The molecule has 1 aromatic carbocycles. The fourth-order valence-corrected chi connectivity index (χ4v) is 3.35. The summed E-state index contributed by atoms with van der Waals surface area (Å²) in [5.74, 6) is 0.903. The first-order valence-corrected chi connectivity index (χ1v) is 7.74. The SMILES string of the molecule is CC1CCC(CN)(C(=O)c2ccc3cccnc3c2)CC1. The van der Waals surface area contributed by atoms with Crippen molar-refractivity contribution < 1.29 is 4.79 Å². The second kappa shape index (κ2) is 5.57. The minimum Gasteiger partial charge on any atom is -0.329 e. The maximum atomic E-state index is 13.0. The zero-order valence-corrected chi connectivity index (χ0v) is 12.5. The van der Waals surface area contributed by atoms with Gasteiger partial charge in [-0.25, -0.2) is 0 Å². The van der Waals surface area contributed by atoms with Crippen molar-refractivity contribution in [1.82, 2.24) is 4.98 Å². The topological polar surface area (TPSA) is 56.0 Å². The van der Waals surface area contributed by atoms with Crippen molar-refractivity contribution in [2.45, 2.75) is 32.6 Å². The van der Waals surface area contributed by atoms with Gasteiger partial charge >= 0.3 is 0 Å². The Balaban J connectivity index is 1.95. The van der Waals surface area contributed by atoms with Crippen molar-refractivity contribution in [3.63, 3.8) is 0 Å². The fraction of sp³-hybridized carbons (Fsp3) is 0.444. The number of nitrogens with zero attached hydrogens (tertiary/aromatic N) is 1. The number of pyridine rings is 1. The molecular formula is C18H22N2O. The summed E-state index contributed by atoms with van der Waals surface area (Å²) >= 11 is 0. The number of fused-ring (bicyclic) bond motifs is 1. The molecule has 1 aliphatic rings. The molecule has 0 spiro atoms. The molecule has 0 aliphatic heterocycles. The molecule has 110 valence electrons. The van der Waals surface area contributed by atoms with Gasteiger partial charge in [-0.05, 0) is 43.7 Å². The lowest BCUT2D eigenvalue weighted by molar-refractivity contribution is 0.0695. The summed E-state index contributed by atoms with van der Waals surface area (Å²) in [4.78, 5) is 17.3. The molecule has 0 radical (unpaired) electrons. The zero-order chi connectivity index (χ0) is 14.9. The van der Waals surface area contributed by atoms with Gasteiger partial charge in [0.15, 0.2) is 5.78 Å². The lowest BCUT2D eigenvalue weighted by Gasteiger charge is -2.37. The number of carbonyl (C=O) groups excluding carboxylic acids is 1. The van der Waals surface area contributed by atoms with Gasteiger partial charge < -0.3 is 5.73 Å². The van der Waals surface area contributed by atoms with Crippen molar-refractivity contribution in [2.24, 2.45) is 17.1 Å². The molecule has 2 aromatic rings. The minimum atomic E-state index is -0.366.